The molecule has 170 valence electrons. The van der Waals surface area contributed by atoms with Gasteiger partial charge in [-0.15, -0.1) is 0 Å². The van der Waals surface area contributed by atoms with Crippen molar-refractivity contribution in [1.29, 1.82) is 0 Å². The summed E-state index contributed by atoms with van der Waals surface area (Å²) in [6.45, 7) is 5.91. The highest BCUT2D eigenvalue weighted by atomic mass is 31.2. The van der Waals surface area contributed by atoms with Crippen LogP contribution < -0.4 is 11.2 Å². The number of aryl methyl sites for hydroxylation is 1. The van der Waals surface area contributed by atoms with E-state index >= 15 is 0 Å². The number of ether oxygens (including phenoxy) is 3. The van der Waals surface area contributed by atoms with Crippen LogP contribution >= 0.6 is 7.60 Å². The molecule has 30 heavy (non-hydrogen) atoms. The summed E-state index contributed by atoms with van der Waals surface area (Å²) in [6, 6.07) is 1.23. The predicted octanol–water partition coefficient (Wildman–Crippen LogP) is 2.61. The third kappa shape index (κ3) is 11.1. The Morgan fingerprint density at radius 1 is 1.27 bits per heavy atom. The van der Waals surface area contributed by atoms with Crippen LogP contribution in [0.15, 0.2) is 33.7 Å². The van der Waals surface area contributed by atoms with Gasteiger partial charge in [-0.1, -0.05) is 6.08 Å². The van der Waals surface area contributed by atoms with Crippen molar-refractivity contribution in [3.63, 3.8) is 0 Å². The van der Waals surface area contributed by atoms with Gasteiger partial charge in [0.25, 0.3) is 5.56 Å². The average Bonchev–Trinajstić information content (AvgIpc) is 2.66. The molecule has 12 heteroatoms. The molecule has 11 nitrogen and oxygen atoms in total. The second kappa shape index (κ2) is 13.9. The summed E-state index contributed by atoms with van der Waals surface area (Å²) < 4.78 is 39.4. The normalized spacial score (nSPS) is 13.5. The maximum Gasteiger partial charge on any atom is 0.510 e. The van der Waals surface area contributed by atoms with Gasteiger partial charge in [0.05, 0.1) is 12.7 Å². The first-order valence-corrected chi connectivity index (χ1v) is 11.1. The smallest absolute Gasteiger partial charge is 0.432 e. The maximum atomic E-state index is 12.9. The van der Waals surface area contributed by atoms with E-state index in [2.05, 4.69) is 4.98 Å². The van der Waals surface area contributed by atoms with E-state index in [-0.39, 0.29) is 19.3 Å². The first-order chi connectivity index (χ1) is 14.3. The van der Waals surface area contributed by atoms with Gasteiger partial charge >= 0.3 is 19.4 Å². The van der Waals surface area contributed by atoms with Crippen LogP contribution in [0, 0.1) is 0 Å². The van der Waals surface area contributed by atoms with Gasteiger partial charge in [0.15, 0.2) is 0 Å². The molecule has 0 spiro atoms. The van der Waals surface area contributed by atoms with Gasteiger partial charge in [-0.2, -0.15) is 0 Å². The zero-order valence-corrected chi connectivity index (χ0v) is 18.3. The molecule has 0 radical (unpaired) electrons. The Morgan fingerprint density at radius 3 is 2.70 bits per heavy atom. The van der Waals surface area contributed by atoms with Crippen molar-refractivity contribution < 1.29 is 32.6 Å². The van der Waals surface area contributed by atoms with Crippen molar-refractivity contribution in [2.45, 2.75) is 46.3 Å². The summed E-state index contributed by atoms with van der Waals surface area (Å²) in [7, 11) is -3.71. The minimum atomic E-state index is -3.71. The Bertz CT molecular complexity index is 831. The molecule has 1 atom stereocenters. The minimum Gasteiger partial charge on any atom is -0.432 e. The van der Waals surface area contributed by atoms with Gasteiger partial charge in [-0.05, 0) is 33.6 Å². The van der Waals surface area contributed by atoms with Crippen molar-refractivity contribution >= 4 is 13.8 Å². The van der Waals surface area contributed by atoms with E-state index in [4.69, 9.17) is 23.3 Å². The summed E-state index contributed by atoms with van der Waals surface area (Å²) >= 11 is 0. The lowest BCUT2D eigenvalue weighted by atomic mass is 10.4. The highest BCUT2D eigenvalue weighted by Gasteiger charge is 2.22. The number of aromatic amines is 1. The van der Waals surface area contributed by atoms with Crippen LogP contribution in [-0.2, 0) is 34.4 Å². The Labute approximate surface area is 174 Å². The number of hydrogen-bond acceptors (Lipinski definition) is 9. The number of rotatable bonds is 14. The van der Waals surface area contributed by atoms with Gasteiger partial charge in [0.1, 0.15) is 0 Å². The third-order valence-electron chi connectivity index (χ3n) is 3.37. The van der Waals surface area contributed by atoms with Gasteiger partial charge in [-0.3, -0.25) is 18.9 Å². The predicted molar refractivity (Wildman–Crippen MR) is 108 cm³/mol. The average molecular weight is 448 g/mol. The lowest BCUT2D eigenvalue weighted by Gasteiger charge is -2.16. The van der Waals surface area contributed by atoms with E-state index in [1.165, 1.54) is 28.7 Å². The van der Waals surface area contributed by atoms with Crippen molar-refractivity contribution in [1.82, 2.24) is 9.55 Å². The maximum absolute atomic E-state index is 12.9. The molecule has 1 aromatic heterocycles. The van der Waals surface area contributed by atoms with E-state index in [0.717, 1.165) is 0 Å². The number of nitrogens with one attached hydrogen (secondary N) is 1. The van der Waals surface area contributed by atoms with Crippen molar-refractivity contribution in [2.75, 3.05) is 26.6 Å². The molecule has 0 aliphatic rings. The van der Waals surface area contributed by atoms with Crippen molar-refractivity contribution in [3.8, 4) is 0 Å². The number of nitrogens with zero attached hydrogens (tertiary/aromatic N) is 1. The van der Waals surface area contributed by atoms with E-state index in [0.29, 0.717) is 26.1 Å². The van der Waals surface area contributed by atoms with Crippen LogP contribution in [0.25, 0.3) is 0 Å². The summed E-state index contributed by atoms with van der Waals surface area (Å²) in [5, 5.41) is 0. The summed E-state index contributed by atoms with van der Waals surface area (Å²) in [5.41, 5.74) is -1.03. The Balaban J connectivity index is 2.62. The number of carbonyl (C=O) groups is 1. The van der Waals surface area contributed by atoms with E-state index in [9.17, 15) is 18.9 Å². The topological polar surface area (TPSA) is 135 Å². The SMILES string of the molecule is CCOCCCOP(=O)(/C=C/CCn1ccc(=O)[nH]c1=O)OCOC(=O)OC(C)C. The molecule has 1 N–H and O–H groups in total. The van der Waals surface area contributed by atoms with Crippen LogP contribution in [0.5, 0.6) is 0 Å². The fourth-order valence-corrected chi connectivity index (χ4v) is 3.27. The Kier molecular flexibility index (Phi) is 12.0. The third-order valence-corrected chi connectivity index (χ3v) is 4.95. The molecule has 1 unspecified atom stereocenters. The number of hydrogen-bond donors (Lipinski definition) is 1. The van der Waals surface area contributed by atoms with Crippen LogP contribution in [0.3, 0.4) is 0 Å². The van der Waals surface area contributed by atoms with Crippen molar-refractivity contribution in [2.24, 2.45) is 0 Å². The molecule has 1 rings (SSSR count). The molecule has 0 bridgehead atoms. The molecule has 0 saturated heterocycles. The van der Waals surface area contributed by atoms with Gasteiger partial charge < -0.3 is 23.3 Å². The van der Waals surface area contributed by atoms with E-state index < -0.39 is 31.8 Å². The lowest BCUT2D eigenvalue weighted by Crippen LogP contribution is -2.28. The lowest BCUT2D eigenvalue weighted by molar-refractivity contribution is -0.0122. The number of aromatic nitrogens is 2. The van der Waals surface area contributed by atoms with Crippen LogP contribution in [0.1, 0.15) is 33.6 Å². The fraction of sp³-hybridized carbons (Fsp3) is 0.611. The van der Waals surface area contributed by atoms with Gasteiger partial charge in [-0.25, -0.2) is 9.59 Å². The molecule has 0 fully saturated rings. The molecule has 0 aliphatic carbocycles. The zero-order chi connectivity index (χ0) is 22.4. The molecule has 0 amide bonds. The second-order valence-electron chi connectivity index (χ2n) is 6.21. The first kappa shape index (κ1) is 25.8. The summed E-state index contributed by atoms with van der Waals surface area (Å²) in [4.78, 5) is 36.3. The first-order valence-electron chi connectivity index (χ1n) is 9.53. The summed E-state index contributed by atoms with van der Waals surface area (Å²) in [5.74, 6) is 1.24. The Hall–Kier alpha value is -2.20. The largest absolute Gasteiger partial charge is 0.510 e. The van der Waals surface area contributed by atoms with E-state index in [1.54, 1.807) is 13.8 Å². The van der Waals surface area contributed by atoms with Gasteiger partial charge in [0, 0.05) is 37.8 Å². The van der Waals surface area contributed by atoms with Crippen LogP contribution in [0.4, 0.5) is 4.79 Å². The van der Waals surface area contributed by atoms with Crippen LogP contribution in [0.2, 0.25) is 0 Å². The highest BCUT2D eigenvalue weighted by Crippen LogP contribution is 2.50. The fourth-order valence-electron chi connectivity index (χ4n) is 2.03. The minimum absolute atomic E-state index is 0.109. The number of H-pyrrole nitrogens is 1. The van der Waals surface area contributed by atoms with Gasteiger partial charge in [0.2, 0.25) is 6.79 Å². The molecule has 1 heterocycles. The summed E-state index contributed by atoms with van der Waals surface area (Å²) in [6.07, 6.45) is 2.39. The van der Waals surface area contributed by atoms with Crippen molar-refractivity contribution in [3.05, 3.63) is 45.0 Å². The molecule has 1 aromatic rings. The van der Waals surface area contributed by atoms with E-state index in [1.807, 2.05) is 6.92 Å². The molecular formula is C18H29N2O9P. The number of carbonyl (C=O) groups excluding carboxylic acids is 1. The highest BCUT2D eigenvalue weighted by molar-refractivity contribution is 7.57. The quantitative estimate of drug-likeness (QED) is 0.197. The molecule has 0 aromatic carbocycles. The molecule has 0 aliphatic heterocycles. The Morgan fingerprint density at radius 2 is 2.03 bits per heavy atom. The van der Waals surface area contributed by atoms with Crippen LogP contribution in [-0.4, -0.2) is 48.4 Å². The number of allylic oxidation sites excluding steroid dienone is 1. The molecular weight excluding hydrogens is 419 g/mol. The molecule has 0 saturated carbocycles. The second-order valence-corrected chi connectivity index (χ2v) is 8.10. The standard InChI is InChI=1S/C18H29N2O9P/c1-4-25-11-7-12-27-30(24,28-14-26-18(23)29-15(2)3)13-6-5-9-20-10-8-16(21)19-17(20)22/h6,8,10,13,15H,4-5,7,9,11-12,14H2,1-3H3,(H,19,21,22)/b13-6+. The monoisotopic (exact) mass is 448 g/mol. The zero-order valence-electron chi connectivity index (χ0n) is 17.4.